The van der Waals surface area contributed by atoms with Gasteiger partial charge in [-0.3, -0.25) is 14.4 Å². The predicted octanol–water partition coefficient (Wildman–Crippen LogP) is -0.466. The second-order valence-corrected chi connectivity index (χ2v) is 7.69. The molecule has 0 bridgehead atoms. The van der Waals surface area contributed by atoms with Crippen molar-refractivity contribution in [2.75, 3.05) is 6.61 Å². The first-order chi connectivity index (χ1) is 12.2. The Morgan fingerprint density at radius 3 is 2.50 bits per heavy atom. The van der Waals surface area contributed by atoms with Gasteiger partial charge in [0.15, 0.2) is 0 Å². The van der Waals surface area contributed by atoms with Crippen LogP contribution in [0.5, 0.6) is 0 Å². The number of esters is 1. The van der Waals surface area contributed by atoms with Crippen LogP contribution in [0.1, 0.15) is 18.4 Å². The van der Waals surface area contributed by atoms with Crippen molar-refractivity contribution < 1.29 is 37.5 Å². The Bertz CT molecular complexity index is 866. The smallest absolute Gasteiger partial charge is 0.372 e. The van der Waals surface area contributed by atoms with Crippen LogP contribution in [0.4, 0.5) is 0 Å². The van der Waals surface area contributed by atoms with E-state index in [0.29, 0.717) is 5.06 Å². The Kier molecular flexibility index (Phi) is 4.46. The van der Waals surface area contributed by atoms with Crippen LogP contribution in [0.15, 0.2) is 29.2 Å². The normalized spacial score (nSPS) is 26.2. The van der Waals surface area contributed by atoms with Gasteiger partial charge < -0.3 is 9.84 Å². The molecule has 1 amide bonds. The predicted molar refractivity (Wildman–Crippen MR) is 83.8 cm³/mol. The van der Waals surface area contributed by atoms with Gasteiger partial charge in [0, 0.05) is 6.42 Å². The number of hydrogen-bond acceptors (Lipinski definition) is 7. The lowest BCUT2D eigenvalue weighted by atomic mass is 10.1. The number of sulfonamides is 1. The maximum Gasteiger partial charge on any atom is 0.372 e. The number of carbonyl (C=O) groups is 3. The van der Waals surface area contributed by atoms with Gasteiger partial charge in [0.05, 0.1) is 11.3 Å². The quantitative estimate of drug-likeness (QED) is 0.650. The number of hydroxylamine groups is 2. The number of ether oxygens (including phenoxy) is 1. The van der Waals surface area contributed by atoms with E-state index < -0.39 is 46.2 Å². The molecule has 1 unspecified atom stereocenters. The molecule has 0 radical (unpaired) electrons. The third-order valence-electron chi connectivity index (χ3n) is 4.11. The molecular formula is C15H16N2O8S. The van der Waals surface area contributed by atoms with Crippen molar-refractivity contribution in [1.82, 2.24) is 9.79 Å². The van der Waals surface area contributed by atoms with E-state index >= 15 is 0 Å². The fourth-order valence-electron chi connectivity index (χ4n) is 2.71. The number of carbonyl (C=O) groups excluding carboxylic acids is 2. The molecule has 26 heavy (non-hydrogen) atoms. The van der Waals surface area contributed by atoms with E-state index in [9.17, 15) is 27.9 Å². The number of cyclic esters (lactones) is 1. The highest BCUT2D eigenvalue weighted by Crippen LogP contribution is 2.34. The largest absolute Gasteiger partial charge is 0.477 e. The fourth-order valence-corrected chi connectivity index (χ4v) is 3.88. The maximum atomic E-state index is 12.5. The van der Waals surface area contributed by atoms with E-state index in [1.165, 1.54) is 12.1 Å². The van der Waals surface area contributed by atoms with Gasteiger partial charge in [-0.05, 0) is 19.1 Å². The Balaban J connectivity index is 1.80. The van der Waals surface area contributed by atoms with Crippen LogP contribution in [-0.4, -0.2) is 54.8 Å². The van der Waals surface area contributed by atoms with Crippen LogP contribution in [0.25, 0.3) is 0 Å². The summed E-state index contributed by atoms with van der Waals surface area (Å²) in [7, 11) is -4.02. The zero-order valence-electron chi connectivity index (χ0n) is 13.7. The van der Waals surface area contributed by atoms with Crippen LogP contribution >= 0.6 is 0 Å². The van der Waals surface area contributed by atoms with Crippen molar-refractivity contribution >= 4 is 27.9 Å². The topological polar surface area (TPSA) is 139 Å². The van der Waals surface area contributed by atoms with Gasteiger partial charge in [-0.25, -0.2) is 13.2 Å². The highest BCUT2D eigenvalue weighted by molar-refractivity contribution is 7.89. The van der Waals surface area contributed by atoms with Gasteiger partial charge in [0.25, 0.3) is 5.91 Å². The van der Waals surface area contributed by atoms with E-state index in [-0.39, 0.29) is 17.7 Å². The van der Waals surface area contributed by atoms with Gasteiger partial charge >= 0.3 is 17.7 Å². The number of benzene rings is 1. The molecule has 2 heterocycles. The first kappa shape index (κ1) is 18.3. The Hall–Kier alpha value is -2.50. The molecule has 1 aromatic carbocycles. The monoisotopic (exact) mass is 384 g/mol. The summed E-state index contributed by atoms with van der Waals surface area (Å²) >= 11 is 0. The van der Waals surface area contributed by atoms with Gasteiger partial charge in [-0.2, -0.15) is 9.79 Å². The van der Waals surface area contributed by atoms with Gasteiger partial charge in [0.1, 0.15) is 12.6 Å². The Morgan fingerprint density at radius 1 is 1.31 bits per heavy atom. The van der Waals surface area contributed by atoms with E-state index in [1.807, 2.05) is 0 Å². The lowest BCUT2D eigenvalue weighted by Gasteiger charge is -2.30. The summed E-state index contributed by atoms with van der Waals surface area (Å²) in [5.74, 6) is -3.30. The Labute approximate surface area is 148 Å². The third kappa shape index (κ3) is 3.04. The van der Waals surface area contributed by atoms with Crippen LogP contribution in [-0.2, 0) is 34.0 Å². The van der Waals surface area contributed by atoms with Crippen molar-refractivity contribution in [2.24, 2.45) is 0 Å². The molecule has 3 rings (SSSR count). The number of hydrogen-bond donors (Lipinski definition) is 2. The van der Waals surface area contributed by atoms with Crippen LogP contribution in [0.3, 0.4) is 0 Å². The van der Waals surface area contributed by atoms with Crippen molar-refractivity contribution in [3.63, 3.8) is 0 Å². The minimum absolute atomic E-state index is 0.0467. The van der Waals surface area contributed by atoms with E-state index in [0.717, 1.165) is 5.56 Å². The van der Waals surface area contributed by atoms with E-state index in [2.05, 4.69) is 4.72 Å². The molecule has 0 saturated carbocycles. The van der Waals surface area contributed by atoms with Gasteiger partial charge in [-0.15, -0.1) is 0 Å². The summed E-state index contributed by atoms with van der Waals surface area (Å²) in [5, 5.41) is 9.83. The van der Waals surface area contributed by atoms with Gasteiger partial charge in [0.2, 0.25) is 10.0 Å². The number of rotatable bonds is 5. The highest BCUT2D eigenvalue weighted by atomic mass is 32.2. The standard InChI is InChI=1S/C15H16N2O8S/c1-9-2-4-10(5-3-9)26(22,23)16-11-8-24-17(13(11)19)15(14(20)21)7-6-12(18)25-15/h2-5,11,16H,6-8H2,1H3,(H,20,21)/t11-,15?/m0/s1. The fraction of sp³-hybridized carbons (Fsp3) is 0.400. The van der Waals surface area contributed by atoms with Crippen LogP contribution in [0.2, 0.25) is 0 Å². The number of nitrogens with one attached hydrogen (secondary N) is 1. The second kappa shape index (κ2) is 6.34. The number of carboxylic acid groups (broad SMARTS) is 1. The zero-order chi connectivity index (χ0) is 19.1. The first-order valence-electron chi connectivity index (χ1n) is 7.67. The molecule has 1 aromatic rings. The lowest BCUT2D eigenvalue weighted by molar-refractivity contribution is -0.256. The van der Waals surface area contributed by atoms with Gasteiger partial charge in [-0.1, -0.05) is 17.7 Å². The van der Waals surface area contributed by atoms with Crippen molar-refractivity contribution in [3.8, 4) is 0 Å². The SMILES string of the molecule is Cc1ccc(S(=O)(=O)N[C@H]2CON(C3(C(=O)O)CCC(=O)O3)C2=O)cc1. The molecule has 10 nitrogen and oxygen atoms in total. The first-order valence-corrected chi connectivity index (χ1v) is 9.15. The Morgan fingerprint density at radius 2 is 1.96 bits per heavy atom. The highest BCUT2D eigenvalue weighted by Gasteiger charge is 2.59. The minimum Gasteiger partial charge on any atom is -0.477 e. The summed E-state index contributed by atoms with van der Waals surface area (Å²) in [6.07, 6.45) is -0.483. The molecule has 0 aromatic heterocycles. The molecule has 140 valence electrons. The van der Waals surface area contributed by atoms with E-state index in [4.69, 9.17) is 9.57 Å². The number of amides is 1. The molecule has 11 heteroatoms. The van der Waals surface area contributed by atoms with Crippen molar-refractivity contribution in [1.29, 1.82) is 0 Å². The number of nitrogens with zero attached hydrogens (tertiary/aromatic N) is 1. The van der Waals surface area contributed by atoms with Crippen molar-refractivity contribution in [3.05, 3.63) is 29.8 Å². The molecule has 2 saturated heterocycles. The number of aliphatic carboxylic acids is 1. The minimum atomic E-state index is -4.02. The lowest BCUT2D eigenvalue weighted by Crippen LogP contribution is -2.56. The van der Waals surface area contributed by atoms with Crippen LogP contribution in [0, 0.1) is 6.92 Å². The molecule has 2 aliphatic heterocycles. The molecule has 2 N–H and O–H groups in total. The average molecular weight is 384 g/mol. The molecule has 0 aliphatic carbocycles. The zero-order valence-corrected chi connectivity index (χ0v) is 14.5. The van der Waals surface area contributed by atoms with E-state index in [1.54, 1.807) is 19.1 Å². The summed E-state index contributed by atoms with van der Waals surface area (Å²) in [4.78, 5) is 40.4. The molecule has 2 fully saturated rings. The molecule has 2 atom stereocenters. The maximum absolute atomic E-state index is 12.5. The number of aryl methyl sites for hydroxylation is 1. The van der Waals surface area contributed by atoms with Crippen LogP contribution < -0.4 is 4.72 Å². The summed E-state index contributed by atoms with van der Waals surface area (Å²) in [6, 6.07) is 4.63. The summed E-state index contributed by atoms with van der Waals surface area (Å²) in [6.45, 7) is 1.38. The molecule has 2 aliphatic rings. The average Bonchev–Trinajstić information content (AvgIpc) is 3.12. The second-order valence-electron chi connectivity index (χ2n) is 5.98. The molecular weight excluding hydrogens is 368 g/mol. The number of carboxylic acids is 1. The molecule has 0 spiro atoms. The summed E-state index contributed by atoms with van der Waals surface area (Å²) < 4.78 is 31.8. The summed E-state index contributed by atoms with van der Waals surface area (Å²) in [5.41, 5.74) is -1.42. The van der Waals surface area contributed by atoms with Crippen molar-refractivity contribution in [2.45, 2.75) is 36.4 Å². The third-order valence-corrected chi connectivity index (χ3v) is 5.60.